The highest BCUT2D eigenvalue weighted by Gasteiger charge is 2.49. The highest BCUT2D eigenvalue weighted by Crippen LogP contribution is 2.40. The molecule has 2 saturated heterocycles. The van der Waals surface area contributed by atoms with E-state index in [9.17, 15) is 9.59 Å². The molecule has 6 heteroatoms. The third-order valence-corrected chi connectivity index (χ3v) is 6.04. The van der Waals surface area contributed by atoms with Gasteiger partial charge in [0.25, 0.3) is 5.91 Å². The lowest BCUT2D eigenvalue weighted by Gasteiger charge is -2.39. The van der Waals surface area contributed by atoms with Crippen LogP contribution in [0.25, 0.3) is 0 Å². The number of methoxy groups -OCH3 is 1. The topological polar surface area (TPSA) is 54.8 Å². The number of amides is 2. The maximum absolute atomic E-state index is 13.0. The second-order valence-electron chi connectivity index (χ2n) is 7.49. The van der Waals surface area contributed by atoms with E-state index in [1.54, 1.807) is 7.11 Å². The van der Waals surface area contributed by atoms with E-state index in [0.717, 1.165) is 42.8 Å². The van der Waals surface area contributed by atoms with Crippen molar-refractivity contribution in [1.29, 1.82) is 0 Å². The van der Waals surface area contributed by atoms with Crippen LogP contribution < -0.4 is 0 Å². The molecule has 25 heavy (non-hydrogen) atoms. The third-order valence-electron chi connectivity index (χ3n) is 6.04. The average Bonchev–Trinajstić information content (AvgIpc) is 3.14. The Morgan fingerprint density at radius 1 is 1.28 bits per heavy atom. The van der Waals surface area contributed by atoms with Crippen molar-refractivity contribution in [2.75, 3.05) is 39.9 Å². The molecule has 0 N–H and O–H groups in total. The molecular weight excluding hydrogens is 318 g/mol. The Morgan fingerprint density at radius 3 is 2.68 bits per heavy atom. The maximum Gasteiger partial charge on any atom is 0.255 e. The SMILES string of the molecule is COCCN1CCC[C@]2(CCN(C(=O)c3cc(C)n(C)c3C)C2)C1=O. The van der Waals surface area contributed by atoms with Crippen LogP contribution in [0.5, 0.6) is 0 Å². The first-order chi connectivity index (χ1) is 11.9. The Hall–Kier alpha value is -1.82. The Balaban J connectivity index is 1.75. The predicted octanol–water partition coefficient (Wildman–Crippen LogP) is 1.74. The molecule has 1 atom stereocenters. The molecule has 3 heterocycles. The van der Waals surface area contributed by atoms with E-state index in [4.69, 9.17) is 4.74 Å². The summed E-state index contributed by atoms with van der Waals surface area (Å²) in [5.74, 6) is 0.256. The van der Waals surface area contributed by atoms with Crippen LogP contribution in [-0.4, -0.2) is 66.1 Å². The molecular formula is C19H29N3O3. The molecule has 0 unspecified atom stereocenters. The lowest BCUT2D eigenvalue weighted by molar-refractivity contribution is -0.146. The number of likely N-dealkylation sites (tertiary alicyclic amines) is 2. The fourth-order valence-corrected chi connectivity index (χ4v) is 4.23. The molecule has 1 spiro atoms. The number of carbonyl (C=O) groups excluding carboxylic acids is 2. The van der Waals surface area contributed by atoms with Gasteiger partial charge in [-0.2, -0.15) is 0 Å². The highest BCUT2D eigenvalue weighted by atomic mass is 16.5. The van der Waals surface area contributed by atoms with Gasteiger partial charge in [0.15, 0.2) is 0 Å². The first kappa shape index (κ1) is 18.0. The smallest absolute Gasteiger partial charge is 0.255 e. The number of hydrogen-bond acceptors (Lipinski definition) is 3. The second-order valence-corrected chi connectivity index (χ2v) is 7.49. The van der Waals surface area contributed by atoms with E-state index in [-0.39, 0.29) is 17.2 Å². The van der Waals surface area contributed by atoms with Crippen LogP contribution in [-0.2, 0) is 16.6 Å². The van der Waals surface area contributed by atoms with E-state index >= 15 is 0 Å². The highest BCUT2D eigenvalue weighted by molar-refractivity contribution is 5.97. The minimum Gasteiger partial charge on any atom is -0.383 e. The van der Waals surface area contributed by atoms with Gasteiger partial charge in [-0.15, -0.1) is 0 Å². The molecule has 0 bridgehead atoms. The summed E-state index contributed by atoms with van der Waals surface area (Å²) in [6.07, 6.45) is 2.65. The zero-order valence-corrected chi connectivity index (χ0v) is 15.8. The minimum absolute atomic E-state index is 0.0555. The average molecular weight is 347 g/mol. The van der Waals surface area contributed by atoms with Crippen molar-refractivity contribution in [2.24, 2.45) is 12.5 Å². The number of ether oxygens (including phenoxy) is 1. The van der Waals surface area contributed by atoms with Crippen LogP contribution in [0.4, 0.5) is 0 Å². The van der Waals surface area contributed by atoms with Gasteiger partial charge in [-0.1, -0.05) is 0 Å². The largest absolute Gasteiger partial charge is 0.383 e. The first-order valence-corrected chi connectivity index (χ1v) is 9.10. The summed E-state index contributed by atoms with van der Waals surface area (Å²) in [7, 11) is 3.63. The Labute approximate surface area is 149 Å². The lowest BCUT2D eigenvalue weighted by atomic mass is 9.78. The van der Waals surface area contributed by atoms with Gasteiger partial charge in [0, 0.05) is 51.7 Å². The third kappa shape index (κ3) is 3.08. The van der Waals surface area contributed by atoms with E-state index in [2.05, 4.69) is 0 Å². The van der Waals surface area contributed by atoms with Crippen LogP contribution in [0.3, 0.4) is 0 Å². The summed E-state index contributed by atoms with van der Waals surface area (Å²) >= 11 is 0. The van der Waals surface area contributed by atoms with Crippen LogP contribution in [0.2, 0.25) is 0 Å². The molecule has 3 rings (SSSR count). The van der Waals surface area contributed by atoms with Gasteiger partial charge in [-0.05, 0) is 39.2 Å². The zero-order valence-electron chi connectivity index (χ0n) is 15.8. The molecule has 2 aliphatic rings. The van der Waals surface area contributed by atoms with Crippen molar-refractivity contribution in [3.63, 3.8) is 0 Å². The summed E-state index contributed by atoms with van der Waals surface area (Å²) in [6, 6.07) is 1.95. The van der Waals surface area contributed by atoms with Crippen molar-refractivity contribution < 1.29 is 14.3 Å². The summed E-state index contributed by atoms with van der Waals surface area (Å²) in [6.45, 7) is 7.19. The zero-order chi connectivity index (χ0) is 18.2. The van der Waals surface area contributed by atoms with Gasteiger partial charge in [0.05, 0.1) is 17.6 Å². The second kappa shape index (κ2) is 6.83. The standard InChI is InChI=1S/C19H29N3O3/c1-14-12-16(15(2)20(14)3)17(23)22-9-7-19(13-22)6-5-8-21(18(19)24)10-11-25-4/h12H,5-11,13H2,1-4H3/t19-/m1/s1. The van der Waals surface area contributed by atoms with Gasteiger partial charge < -0.3 is 19.1 Å². The summed E-state index contributed by atoms with van der Waals surface area (Å²) in [5.41, 5.74) is 2.44. The normalized spacial score (nSPS) is 23.8. The molecule has 2 fully saturated rings. The van der Waals surface area contributed by atoms with Gasteiger partial charge in [-0.25, -0.2) is 0 Å². The number of nitrogens with zero attached hydrogens (tertiary/aromatic N) is 3. The van der Waals surface area contributed by atoms with Gasteiger partial charge >= 0.3 is 0 Å². The minimum atomic E-state index is -0.390. The number of aromatic nitrogens is 1. The van der Waals surface area contributed by atoms with Crippen molar-refractivity contribution in [2.45, 2.75) is 33.1 Å². The number of carbonyl (C=O) groups is 2. The van der Waals surface area contributed by atoms with Crippen LogP contribution in [0, 0.1) is 19.3 Å². The molecule has 0 aromatic carbocycles. The van der Waals surface area contributed by atoms with Gasteiger partial charge in [-0.3, -0.25) is 9.59 Å². The molecule has 2 aliphatic heterocycles. The molecule has 2 amide bonds. The van der Waals surface area contributed by atoms with Crippen molar-refractivity contribution in [3.05, 3.63) is 23.0 Å². The number of hydrogen-bond donors (Lipinski definition) is 0. The van der Waals surface area contributed by atoms with E-state index in [0.29, 0.717) is 26.2 Å². The monoisotopic (exact) mass is 347 g/mol. The summed E-state index contributed by atoms with van der Waals surface area (Å²) in [5, 5.41) is 0. The molecule has 6 nitrogen and oxygen atoms in total. The Bertz CT molecular complexity index is 682. The number of rotatable bonds is 4. The molecule has 138 valence electrons. The van der Waals surface area contributed by atoms with E-state index in [1.165, 1.54) is 0 Å². The van der Waals surface area contributed by atoms with Crippen LogP contribution in [0.1, 0.15) is 41.0 Å². The molecule has 0 saturated carbocycles. The number of piperidine rings is 1. The predicted molar refractivity (Wildman–Crippen MR) is 95.5 cm³/mol. The quantitative estimate of drug-likeness (QED) is 0.834. The van der Waals surface area contributed by atoms with Crippen molar-refractivity contribution in [1.82, 2.24) is 14.4 Å². The fourth-order valence-electron chi connectivity index (χ4n) is 4.23. The van der Waals surface area contributed by atoms with E-state index in [1.807, 2.05) is 41.3 Å². The first-order valence-electron chi connectivity index (χ1n) is 9.10. The lowest BCUT2D eigenvalue weighted by Crippen LogP contribution is -2.51. The molecule has 1 aromatic heterocycles. The Kier molecular flexibility index (Phi) is 4.91. The fraction of sp³-hybridized carbons (Fsp3) is 0.684. The molecule has 1 aromatic rings. The van der Waals surface area contributed by atoms with Crippen LogP contribution >= 0.6 is 0 Å². The molecule has 0 aliphatic carbocycles. The molecule has 0 radical (unpaired) electrons. The maximum atomic E-state index is 13.0. The summed E-state index contributed by atoms with van der Waals surface area (Å²) < 4.78 is 7.17. The van der Waals surface area contributed by atoms with Crippen molar-refractivity contribution in [3.8, 4) is 0 Å². The van der Waals surface area contributed by atoms with Gasteiger partial charge in [0.2, 0.25) is 5.91 Å². The summed E-state index contributed by atoms with van der Waals surface area (Å²) in [4.78, 5) is 29.8. The van der Waals surface area contributed by atoms with Crippen LogP contribution in [0.15, 0.2) is 6.07 Å². The van der Waals surface area contributed by atoms with Gasteiger partial charge in [0.1, 0.15) is 0 Å². The number of aryl methyl sites for hydroxylation is 1. The van der Waals surface area contributed by atoms with Crippen molar-refractivity contribution >= 4 is 11.8 Å². The Morgan fingerprint density at radius 2 is 2.04 bits per heavy atom. The van der Waals surface area contributed by atoms with E-state index < -0.39 is 0 Å².